The van der Waals surface area contributed by atoms with Crippen molar-refractivity contribution in [3.63, 3.8) is 0 Å². The minimum atomic E-state index is 0.481. The molecule has 1 heterocycles. The largest absolute Gasteiger partial charge is 0.383 e. The van der Waals surface area contributed by atoms with Gasteiger partial charge in [0.1, 0.15) is 0 Å². The lowest BCUT2D eigenvalue weighted by molar-refractivity contribution is 0.0927. The van der Waals surface area contributed by atoms with Gasteiger partial charge in [0.2, 0.25) is 0 Å². The van der Waals surface area contributed by atoms with Crippen LogP contribution < -0.4 is 5.32 Å². The first-order chi connectivity index (χ1) is 7.73. The van der Waals surface area contributed by atoms with Crippen molar-refractivity contribution in [2.24, 2.45) is 5.41 Å². The summed E-state index contributed by atoms with van der Waals surface area (Å²) in [5.41, 5.74) is 0.481. The van der Waals surface area contributed by atoms with E-state index in [2.05, 4.69) is 17.1 Å². The Bertz CT molecular complexity index is 210. The highest BCUT2D eigenvalue weighted by Gasteiger charge is 2.35. The molecule has 1 saturated carbocycles. The topological polar surface area (TPSA) is 24.5 Å². The summed E-state index contributed by atoms with van der Waals surface area (Å²) < 4.78 is 5.22. The smallest absolute Gasteiger partial charge is 0.0589 e. The Labute approximate surface area is 99.5 Å². The van der Waals surface area contributed by atoms with Gasteiger partial charge in [-0.3, -0.25) is 4.90 Å². The molecule has 0 aromatic carbocycles. The van der Waals surface area contributed by atoms with Crippen molar-refractivity contribution in [1.29, 1.82) is 0 Å². The second-order valence-corrected chi connectivity index (χ2v) is 5.79. The molecule has 1 atom stereocenters. The van der Waals surface area contributed by atoms with Gasteiger partial charge in [-0.05, 0) is 37.6 Å². The molecule has 1 aliphatic carbocycles. The highest BCUT2D eigenvalue weighted by Crippen LogP contribution is 2.33. The van der Waals surface area contributed by atoms with Crippen LogP contribution in [0.25, 0.3) is 0 Å². The van der Waals surface area contributed by atoms with Crippen LogP contribution in [-0.4, -0.2) is 50.8 Å². The molecule has 2 rings (SSSR count). The van der Waals surface area contributed by atoms with E-state index in [4.69, 9.17) is 4.74 Å². The number of hydrogen-bond acceptors (Lipinski definition) is 3. The Morgan fingerprint density at radius 3 is 2.81 bits per heavy atom. The van der Waals surface area contributed by atoms with Crippen molar-refractivity contribution < 1.29 is 4.74 Å². The average molecular weight is 226 g/mol. The van der Waals surface area contributed by atoms with Gasteiger partial charge in [-0.1, -0.05) is 6.92 Å². The van der Waals surface area contributed by atoms with Gasteiger partial charge in [0.15, 0.2) is 0 Å². The summed E-state index contributed by atoms with van der Waals surface area (Å²) in [7, 11) is 1.80. The van der Waals surface area contributed by atoms with Crippen LogP contribution in [0.15, 0.2) is 0 Å². The molecule has 94 valence electrons. The van der Waals surface area contributed by atoms with Gasteiger partial charge >= 0.3 is 0 Å². The van der Waals surface area contributed by atoms with Crippen molar-refractivity contribution in [2.75, 3.05) is 39.9 Å². The first-order valence-corrected chi connectivity index (χ1v) is 6.67. The molecule has 0 aromatic heterocycles. The lowest BCUT2D eigenvalue weighted by atomic mass is 9.82. The van der Waals surface area contributed by atoms with E-state index < -0.39 is 0 Å². The molecule has 3 nitrogen and oxygen atoms in total. The zero-order chi connectivity index (χ0) is 11.4. The van der Waals surface area contributed by atoms with Gasteiger partial charge in [-0.15, -0.1) is 0 Å². The number of hydrogen-bond donors (Lipinski definition) is 1. The summed E-state index contributed by atoms with van der Waals surface area (Å²) in [5.74, 6) is 0. The van der Waals surface area contributed by atoms with E-state index in [0.29, 0.717) is 5.41 Å². The minimum Gasteiger partial charge on any atom is -0.383 e. The quantitative estimate of drug-likeness (QED) is 0.742. The summed E-state index contributed by atoms with van der Waals surface area (Å²) in [6.07, 6.45) is 5.50. The molecule has 1 N–H and O–H groups in total. The van der Waals surface area contributed by atoms with E-state index in [1.165, 1.54) is 45.3 Å². The van der Waals surface area contributed by atoms with Crippen LogP contribution in [0.4, 0.5) is 0 Å². The number of methoxy groups -OCH3 is 1. The molecular formula is C13H26N2O. The van der Waals surface area contributed by atoms with Crippen molar-refractivity contribution in [3.8, 4) is 0 Å². The predicted octanol–water partition coefficient (Wildman–Crippen LogP) is 1.49. The zero-order valence-corrected chi connectivity index (χ0v) is 10.8. The number of nitrogens with zero attached hydrogens (tertiary/aromatic N) is 1. The fourth-order valence-electron chi connectivity index (χ4n) is 2.78. The Morgan fingerprint density at radius 2 is 2.25 bits per heavy atom. The van der Waals surface area contributed by atoms with Crippen LogP contribution in [0.5, 0.6) is 0 Å². The molecule has 3 heteroatoms. The van der Waals surface area contributed by atoms with E-state index in [0.717, 1.165) is 19.2 Å². The fraction of sp³-hybridized carbons (Fsp3) is 1.00. The van der Waals surface area contributed by atoms with Gasteiger partial charge < -0.3 is 10.1 Å². The summed E-state index contributed by atoms with van der Waals surface area (Å²) in [4.78, 5) is 2.65. The summed E-state index contributed by atoms with van der Waals surface area (Å²) in [6.45, 7) is 8.05. The summed E-state index contributed by atoms with van der Waals surface area (Å²) >= 11 is 0. The Kier molecular flexibility index (Phi) is 4.22. The van der Waals surface area contributed by atoms with Gasteiger partial charge in [-0.25, -0.2) is 0 Å². The third-order valence-electron chi connectivity index (χ3n) is 3.92. The summed E-state index contributed by atoms with van der Waals surface area (Å²) in [6, 6.07) is 0.855. The van der Waals surface area contributed by atoms with E-state index in [9.17, 15) is 0 Å². The van der Waals surface area contributed by atoms with Crippen LogP contribution in [0, 0.1) is 5.41 Å². The first kappa shape index (κ1) is 12.3. The molecule has 1 aliphatic heterocycles. The van der Waals surface area contributed by atoms with Crippen molar-refractivity contribution >= 4 is 0 Å². The van der Waals surface area contributed by atoms with Crippen LogP contribution in [0.1, 0.15) is 32.6 Å². The van der Waals surface area contributed by atoms with Crippen LogP contribution in [0.3, 0.4) is 0 Å². The van der Waals surface area contributed by atoms with Gasteiger partial charge in [0.25, 0.3) is 0 Å². The number of piperidine rings is 1. The molecule has 0 spiro atoms. The maximum absolute atomic E-state index is 5.22. The maximum Gasteiger partial charge on any atom is 0.0589 e. The Morgan fingerprint density at radius 1 is 1.44 bits per heavy atom. The third kappa shape index (κ3) is 3.44. The van der Waals surface area contributed by atoms with E-state index in [-0.39, 0.29) is 0 Å². The highest BCUT2D eigenvalue weighted by molar-refractivity contribution is 4.91. The van der Waals surface area contributed by atoms with Crippen molar-refractivity contribution in [3.05, 3.63) is 0 Å². The highest BCUT2D eigenvalue weighted by atomic mass is 16.5. The Hall–Kier alpha value is -0.120. The molecule has 2 aliphatic rings. The normalized spacial score (nSPS) is 30.9. The molecule has 0 radical (unpaired) electrons. The second kappa shape index (κ2) is 5.48. The maximum atomic E-state index is 5.22. The minimum absolute atomic E-state index is 0.481. The lowest BCUT2D eigenvalue weighted by Gasteiger charge is -2.38. The zero-order valence-electron chi connectivity index (χ0n) is 10.8. The molecule has 0 amide bonds. The average Bonchev–Trinajstić information content (AvgIpc) is 3.09. The molecule has 16 heavy (non-hydrogen) atoms. The molecule has 1 unspecified atom stereocenters. The molecule has 2 fully saturated rings. The monoisotopic (exact) mass is 226 g/mol. The second-order valence-electron chi connectivity index (χ2n) is 5.79. The van der Waals surface area contributed by atoms with Gasteiger partial charge in [0, 0.05) is 32.8 Å². The van der Waals surface area contributed by atoms with E-state index in [1.807, 2.05) is 0 Å². The third-order valence-corrected chi connectivity index (χ3v) is 3.92. The summed E-state index contributed by atoms with van der Waals surface area (Å²) in [5, 5.41) is 3.54. The number of ether oxygens (including phenoxy) is 1. The van der Waals surface area contributed by atoms with Crippen molar-refractivity contribution in [2.45, 2.75) is 38.6 Å². The molecule has 0 aromatic rings. The number of nitrogens with one attached hydrogen (secondary N) is 1. The Balaban J connectivity index is 1.83. The van der Waals surface area contributed by atoms with Crippen molar-refractivity contribution in [1.82, 2.24) is 10.2 Å². The predicted molar refractivity (Wildman–Crippen MR) is 66.7 cm³/mol. The van der Waals surface area contributed by atoms with E-state index in [1.54, 1.807) is 7.11 Å². The van der Waals surface area contributed by atoms with Gasteiger partial charge in [0.05, 0.1) is 6.61 Å². The van der Waals surface area contributed by atoms with E-state index >= 15 is 0 Å². The van der Waals surface area contributed by atoms with Crippen LogP contribution >= 0.6 is 0 Å². The number of rotatable bonds is 6. The molecular weight excluding hydrogens is 200 g/mol. The first-order valence-electron chi connectivity index (χ1n) is 6.67. The van der Waals surface area contributed by atoms with Gasteiger partial charge in [-0.2, -0.15) is 0 Å². The standard InChI is InChI=1S/C13H26N2O/c1-13(6-3-7-14-10-13)11-15(8-9-16-2)12-4-5-12/h12,14H,3-11H2,1-2H3. The lowest BCUT2D eigenvalue weighted by Crippen LogP contribution is -2.47. The molecule has 0 bridgehead atoms. The fourth-order valence-corrected chi connectivity index (χ4v) is 2.78. The SMILES string of the molecule is COCCN(CC1(C)CCCNC1)C1CC1. The van der Waals surface area contributed by atoms with Crippen LogP contribution in [-0.2, 0) is 4.74 Å². The van der Waals surface area contributed by atoms with Crippen LogP contribution in [0.2, 0.25) is 0 Å². The molecule has 1 saturated heterocycles.